The number of esters is 1. The third kappa shape index (κ3) is 4.83. The summed E-state index contributed by atoms with van der Waals surface area (Å²) in [6.07, 6.45) is 1.52. The minimum atomic E-state index is -0.387. The van der Waals surface area contributed by atoms with E-state index in [1.54, 1.807) is 31.2 Å². The number of anilines is 1. The summed E-state index contributed by atoms with van der Waals surface area (Å²) in [5.41, 5.74) is 2.85. The largest absolute Gasteiger partial charge is 0.618 e. The number of rotatable bonds is 7. The number of carbonyl (C=O) groups is 1. The van der Waals surface area contributed by atoms with E-state index in [4.69, 9.17) is 4.74 Å². The summed E-state index contributed by atoms with van der Waals surface area (Å²) in [6.45, 7) is 8.20. The highest BCUT2D eigenvalue weighted by Gasteiger charge is 2.09. The van der Waals surface area contributed by atoms with E-state index in [1.165, 1.54) is 6.21 Å². The molecule has 2 aromatic carbocycles. The lowest BCUT2D eigenvalue weighted by atomic mass is 10.2. The highest BCUT2D eigenvalue weighted by Crippen LogP contribution is 2.16. The molecular weight excluding hydrogens is 316 g/mol. The van der Waals surface area contributed by atoms with Crippen molar-refractivity contribution in [1.82, 2.24) is 0 Å². The Bertz CT molecular complexity index is 718. The molecule has 0 heterocycles. The van der Waals surface area contributed by atoms with E-state index in [9.17, 15) is 10.0 Å². The van der Waals surface area contributed by atoms with Gasteiger partial charge in [0.2, 0.25) is 5.69 Å². The zero-order chi connectivity index (χ0) is 18.2. The molecule has 2 rings (SSSR count). The molecular formula is C20H24N2O3. The van der Waals surface area contributed by atoms with Crippen molar-refractivity contribution in [3.05, 3.63) is 64.9 Å². The Labute approximate surface area is 148 Å². The Kier molecular flexibility index (Phi) is 6.57. The molecule has 25 heavy (non-hydrogen) atoms. The maximum absolute atomic E-state index is 12.3. The van der Waals surface area contributed by atoms with Crippen molar-refractivity contribution in [1.29, 1.82) is 0 Å². The Morgan fingerprint density at radius 1 is 1.04 bits per heavy atom. The molecule has 0 bridgehead atoms. The van der Waals surface area contributed by atoms with Crippen LogP contribution in [0.4, 0.5) is 11.4 Å². The fraction of sp³-hybridized carbons (Fsp3) is 0.300. The molecule has 2 aromatic rings. The summed E-state index contributed by atoms with van der Waals surface area (Å²) in [5.74, 6) is -0.387. The first-order chi connectivity index (χ1) is 12.1. The molecule has 0 saturated carbocycles. The van der Waals surface area contributed by atoms with Crippen molar-refractivity contribution in [2.45, 2.75) is 20.8 Å². The minimum absolute atomic E-state index is 0.325. The Hall–Kier alpha value is -2.82. The first kappa shape index (κ1) is 18.5. The minimum Gasteiger partial charge on any atom is -0.618 e. The summed E-state index contributed by atoms with van der Waals surface area (Å²) in [4.78, 5) is 13.9. The molecule has 132 valence electrons. The first-order valence-electron chi connectivity index (χ1n) is 8.52. The molecule has 0 fully saturated rings. The van der Waals surface area contributed by atoms with E-state index in [-0.39, 0.29) is 5.97 Å². The fourth-order valence-corrected chi connectivity index (χ4v) is 2.53. The molecule has 0 atom stereocenters. The van der Waals surface area contributed by atoms with Crippen LogP contribution >= 0.6 is 0 Å². The molecule has 0 aromatic heterocycles. The topological polar surface area (TPSA) is 55.6 Å². The normalized spacial score (nSPS) is 11.2. The molecule has 0 amide bonds. The van der Waals surface area contributed by atoms with Crippen LogP contribution in [0.25, 0.3) is 0 Å². The van der Waals surface area contributed by atoms with E-state index in [0.29, 0.717) is 17.9 Å². The molecule has 0 unspecified atom stereocenters. The van der Waals surface area contributed by atoms with Gasteiger partial charge in [0.15, 0.2) is 6.21 Å². The lowest BCUT2D eigenvalue weighted by Gasteiger charge is -2.20. The molecule has 5 heteroatoms. The van der Waals surface area contributed by atoms with Crippen LogP contribution < -0.4 is 4.90 Å². The number of ether oxygens (including phenoxy) is 1. The number of carbonyl (C=O) groups excluding carboxylic acids is 1. The smallest absolute Gasteiger partial charge is 0.338 e. The first-order valence-corrected chi connectivity index (χ1v) is 8.52. The second kappa shape index (κ2) is 8.87. The second-order valence-corrected chi connectivity index (χ2v) is 5.49. The van der Waals surface area contributed by atoms with E-state index in [0.717, 1.165) is 29.1 Å². The molecule has 0 radical (unpaired) electrons. The molecule has 0 aliphatic heterocycles. The van der Waals surface area contributed by atoms with Crippen LogP contribution in [-0.4, -0.2) is 36.6 Å². The Morgan fingerprint density at radius 3 is 2.16 bits per heavy atom. The van der Waals surface area contributed by atoms with Crippen LogP contribution in [0.3, 0.4) is 0 Å². The summed E-state index contributed by atoms with van der Waals surface area (Å²) < 4.78 is 5.72. The Morgan fingerprint density at radius 2 is 1.64 bits per heavy atom. The number of hydrogen-bond donors (Lipinski definition) is 0. The second-order valence-electron chi connectivity index (χ2n) is 5.49. The predicted octanol–water partition coefficient (Wildman–Crippen LogP) is 3.97. The highest BCUT2D eigenvalue weighted by molar-refractivity contribution is 5.89. The van der Waals surface area contributed by atoms with Gasteiger partial charge < -0.3 is 14.8 Å². The standard InChI is InChI=1S/C20H24N2O3/c1-4-21(5-2)18-11-7-16(8-12-18)15-22(24)19-13-9-17(10-14-19)20(23)25-6-3/h7-15H,4-6H2,1-3H3/b22-15+. The number of hydrogen-bond acceptors (Lipinski definition) is 4. The van der Waals surface area contributed by atoms with E-state index >= 15 is 0 Å². The van der Waals surface area contributed by atoms with E-state index in [1.807, 2.05) is 24.3 Å². The molecule has 0 saturated heterocycles. The monoisotopic (exact) mass is 340 g/mol. The maximum atomic E-state index is 12.3. The summed E-state index contributed by atoms with van der Waals surface area (Å²) in [7, 11) is 0. The summed E-state index contributed by atoms with van der Waals surface area (Å²) in [5, 5.41) is 12.3. The number of benzene rings is 2. The lowest BCUT2D eigenvalue weighted by Crippen LogP contribution is -2.21. The van der Waals surface area contributed by atoms with Gasteiger partial charge >= 0.3 is 5.97 Å². The van der Waals surface area contributed by atoms with Gasteiger partial charge in [-0.25, -0.2) is 4.79 Å². The molecule has 0 aliphatic rings. The van der Waals surface area contributed by atoms with E-state index < -0.39 is 0 Å². The fourth-order valence-electron chi connectivity index (χ4n) is 2.53. The quantitative estimate of drug-likeness (QED) is 0.252. The summed E-state index contributed by atoms with van der Waals surface area (Å²) >= 11 is 0. The van der Waals surface area contributed by atoms with Crippen molar-refractivity contribution < 1.29 is 14.3 Å². The molecule has 0 aliphatic carbocycles. The molecule has 0 N–H and O–H groups in total. The van der Waals surface area contributed by atoms with Crippen LogP contribution in [0.2, 0.25) is 0 Å². The molecule has 5 nitrogen and oxygen atoms in total. The van der Waals surface area contributed by atoms with Crippen LogP contribution in [0.1, 0.15) is 36.7 Å². The Balaban J connectivity index is 2.14. The number of nitrogens with zero attached hydrogens (tertiary/aromatic N) is 2. The van der Waals surface area contributed by atoms with Crippen LogP contribution in [-0.2, 0) is 4.74 Å². The van der Waals surface area contributed by atoms with E-state index in [2.05, 4.69) is 18.7 Å². The molecule has 0 spiro atoms. The maximum Gasteiger partial charge on any atom is 0.338 e. The van der Waals surface area contributed by atoms with Gasteiger partial charge in [-0.1, -0.05) is 0 Å². The lowest BCUT2D eigenvalue weighted by molar-refractivity contribution is -0.354. The van der Waals surface area contributed by atoms with Gasteiger partial charge in [-0.15, -0.1) is 0 Å². The average Bonchev–Trinajstić information content (AvgIpc) is 2.64. The van der Waals surface area contributed by atoms with Gasteiger partial charge in [0.1, 0.15) is 0 Å². The van der Waals surface area contributed by atoms with Gasteiger partial charge in [-0.2, -0.15) is 4.74 Å². The van der Waals surface area contributed by atoms with Crippen LogP contribution in [0.5, 0.6) is 0 Å². The van der Waals surface area contributed by atoms with Crippen LogP contribution in [0, 0.1) is 5.21 Å². The third-order valence-corrected chi connectivity index (χ3v) is 3.92. The van der Waals surface area contributed by atoms with Gasteiger partial charge in [0, 0.05) is 36.5 Å². The zero-order valence-corrected chi connectivity index (χ0v) is 14.9. The van der Waals surface area contributed by atoms with Crippen molar-refractivity contribution in [3.63, 3.8) is 0 Å². The van der Waals surface area contributed by atoms with Crippen molar-refractivity contribution in [2.24, 2.45) is 0 Å². The van der Waals surface area contributed by atoms with Crippen molar-refractivity contribution >= 4 is 23.6 Å². The van der Waals surface area contributed by atoms with Gasteiger partial charge in [0.25, 0.3) is 0 Å². The predicted molar refractivity (Wildman–Crippen MR) is 101 cm³/mol. The van der Waals surface area contributed by atoms with Crippen molar-refractivity contribution in [3.8, 4) is 0 Å². The highest BCUT2D eigenvalue weighted by atomic mass is 16.5. The van der Waals surface area contributed by atoms with Gasteiger partial charge in [-0.05, 0) is 57.2 Å². The zero-order valence-electron chi connectivity index (χ0n) is 14.9. The SMILES string of the molecule is CCOC(=O)c1ccc(/[N+]([O-])=C\c2ccc(N(CC)CC)cc2)cc1. The summed E-state index contributed by atoms with van der Waals surface area (Å²) in [6, 6.07) is 14.3. The third-order valence-electron chi connectivity index (χ3n) is 3.92. The van der Waals surface area contributed by atoms with Gasteiger partial charge in [0.05, 0.1) is 12.2 Å². The van der Waals surface area contributed by atoms with Crippen LogP contribution in [0.15, 0.2) is 48.5 Å². The van der Waals surface area contributed by atoms with Gasteiger partial charge in [-0.3, -0.25) is 0 Å². The van der Waals surface area contributed by atoms with Crippen molar-refractivity contribution in [2.75, 3.05) is 24.6 Å². The average molecular weight is 340 g/mol.